The Hall–Kier alpha value is -2.90. The van der Waals surface area contributed by atoms with Crippen molar-refractivity contribution in [3.63, 3.8) is 0 Å². The number of nitrogens with two attached hydrogens (primary N) is 1. The molecular formula is C18H11ClFN3. The van der Waals surface area contributed by atoms with Crippen LogP contribution in [0.3, 0.4) is 0 Å². The number of hydrogen-bond donors (Lipinski definition) is 1. The smallest absolute Gasteiger partial charge is 0.142 e. The van der Waals surface area contributed by atoms with Gasteiger partial charge in [-0.15, -0.1) is 0 Å². The number of halogens is 2. The first kappa shape index (κ1) is 15.0. The summed E-state index contributed by atoms with van der Waals surface area (Å²) < 4.78 is 13.1. The molecule has 0 saturated heterocycles. The van der Waals surface area contributed by atoms with Gasteiger partial charge in [0.05, 0.1) is 5.69 Å². The molecule has 0 aliphatic rings. The quantitative estimate of drug-likeness (QED) is 0.746. The second kappa shape index (κ2) is 6.07. The number of nitriles is 1. The summed E-state index contributed by atoms with van der Waals surface area (Å²) in [7, 11) is 0. The zero-order valence-corrected chi connectivity index (χ0v) is 12.7. The summed E-state index contributed by atoms with van der Waals surface area (Å²) >= 11 is 6.01. The van der Waals surface area contributed by atoms with Gasteiger partial charge in [-0.3, -0.25) is 0 Å². The van der Waals surface area contributed by atoms with Gasteiger partial charge in [0.2, 0.25) is 0 Å². The van der Waals surface area contributed by atoms with Crippen LogP contribution < -0.4 is 5.73 Å². The SMILES string of the molecule is N#Cc1c(-c2ccc(F)cc2)cc(-c2cccc(Cl)c2)nc1N. The van der Waals surface area contributed by atoms with Crippen molar-refractivity contribution in [3.05, 3.63) is 71.0 Å². The normalized spacial score (nSPS) is 10.3. The second-order valence-corrected chi connectivity index (χ2v) is 5.38. The molecule has 3 rings (SSSR count). The number of nitrogens with zero attached hydrogens (tertiary/aromatic N) is 2. The molecule has 0 radical (unpaired) electrons. The molecule has 2 aromatic carbocycles. The molecular weight excluding hydrogens is 313 g/mol. The summed E-state index contributed by atoms with van der Waals surface area (Å²) in [6, 6.07) is 16.9. The fraction of sp³-hybridized carbons (Fsp3) is 0. The van der Waals surface area contributed by atoms with Crippen LogP contribution in [-0.4, -0.2) is 4.98 Å². The average molecular weight is 324 g/mol. The average Bonchev–Trinajstić information content (AvgIpc) is 2.55. The fourth-order valence-electron chi connectivity index (χ4n) is 2.34. The van der Waals surface area contributed by atoms with Gasteiger partial charge in [0.25, 0.3) is 0 Å². The molecule has 0 saturated carbocycles. The molecule has 0 amide bonds. The molecule has 112 valence electrons. The van der Waals surface area contributed by atoms with Gasteiger partial charge in [-0.2, -0.15) is 5.26 Å². The number of aromatic nitrogens is 1. The van der Waals surface area contributed by atoms with E-state index in [0.29, 0.717) is 21.8 Å². The lowest BCUT2D eigenvalue weighted by atomic mass is 9.98. The number of rotatable bonds is 2. The number of pyridine rings is 1. The minimum Gasteiger partial charge on any atom is -0.383 e. The molecule has 1 aromatic heterocycles. The summed E-state index contributed by atoms with van der Waals surface area (Å²) in [5.41, 5.74) is 8.89. The third-order valence-corrected chi connectivity index (χ3v) is 3.67. The summed E-state index contributed by atoms with van der Waals surface area (Å²) in [6.07, 6.45) is 0. The van der Waals surface area contributed by atoms with Gasteiger partial charge in [0.15, 0.2) is 0 Å². The Morgan fingerprint density at radius 2 is 1.78 bits per heavy atom. The van der Waals surface area contributed by atoms with Crippen LogP contribution in [0.1, 0.15) is 5.56 Å². The van der Waals surface area contributed by atoms with Crippen LogP contribution in [-0.2, 0) is 0 Å². The van der Waals surface area contributed by atoms with Crippen molar-refractivity contribution in [2.75, 3.05) is 5.73 Å². The number of hydrogen-bond acceptors (Lipinski definition) is 3. The van der Waals surface area contributed by atoms with Crippen LogP contribution in [0.5, 0.6) is 0 Å². The van der Waals surface area contributed by atoms with E-state index in [2.05, 4.69) is 11.1 Å². The first-order chi connectivity index (χ1) is 11.1. The van der Waals surface area contributed by atoms with Crippen LogP contribution in [0.15, 0.2) is 54.6 Å². The van der Waals surface area contributed by atoms with Crippen molar-refractivity contribution in [1.82, 2.24) is 4.98 Å². The van der Waals surface area contributed by atoms with Crippen molar-refractivity contribution < 1.29 is 4.39 Å². The molecule has 0 aliphatic heterocycles. The summed E-state index contributed by atoms with van der Waals surface area (Å²) in [5.74, 6) is -0.214. The van der Waals surface area contributed by atoms with E-state index in [1.807, 2.05) is 12.1 Å². The Morgan fingerprint density at radius 1 is 1.04 bits per heavy atom. The van der Waals surface area contributed by atoms with E-state index in [1.165, 1.54) is 12.1 Å². The van der Waals surface area contributed by atoms with Crippen LogP contribution in [0, 0.1) is 17.1 Å². The molecule has 1 heterocycles. The van der Waals surface area contributed by atoms with Crippen molar-refractivity contribution in [2.45, 2.75) is 0 Å². The van der Waals surface area contributed by atoms with E-state index in [-0.39, 0.29) is 17.2 Å². The van der Waals surface area contributed by atoms with Gasteiger partial charge in [0.1, 0.15) is 23.3 Å². The third kappa shape index (κ3) is 3.01. The van der Waals surface area contributed by atoms with Gasteiger partial charge >= 0.3 is 0 Å². The maximum Gasteiger partial charge on any atom is 0.142 e. The highest BCUT2D eigenvalue weighted by molar-refractivity contribution is 6.30. The van der Waals surface area contributed by atoms with E-state index < -0.39 is 0 Å². The lowest BCUT2D eigenvalue weighted by molar-refractivity contribution is 0.628. The predicted octanol–water partition coefficient (Wildman–Crippen LogP) is 4.66. The van der Waals surface area contributed by atoms with Crippen molar-refractivity contribution in [1.29, 1.82) is 5.26 Å². The van der Waals surface area contributed by atoms with Crippen LogP contribution in [0.25, 0.3) is 22.4 Å². The highest BCUT2D eigenvalue weighted by Crippen LogP contribution is 2.31. The molecule has 3 nitrogen and oxygen atoms in total. The Kier molecular flexibility index (Phi) is 3.96. The Morgan fingerprint density at radius 3 is 2.43 bits per heavy atom. The largest absolute Gasteiger partial charge is 0.383 e. The fourth-order valence-corrected chi connectivity index (χ4v) is 2.53. The predicted molar refractivity (Wildman–Crippen MR) is 89.2 cm³/mol. The molecule has 3 aromatic rings. The molecule has 23 heavy (non-hydrogen) atoms. The van der Waals surface area contributed by atoms with E-state index in [0.717, 1.165) is 5.56 Å². The van der Waals surface area contributed by atoms with Gasteiger partial charge in [-0.1, -0.05) is 35.9 Å². The first-order valence-corrected chi connectivity index (χ1v) is 7.19. The highest BCUT2D eigenvalue weighted by Gasteiger charge is 2.13. The van der Waals surface area contributed by atoms with Crippen LogP contribution in [0.2, 0.25) is 5.02 Å². The van der Waals surface area contributed by atoms with E-state index in [4.69, 9.17) is 17.3 Å². The molecule has 0 atom stereocenters. The molecule has 0 spiro atoms. The molecule has 0 aliphatic carbocycles. The Balaban J connectivity index is 2.22. The van der Waals surface area contributed by atoms with E-state index in [1.54, 1.807) is 30.3 Å². The zero-order chi connectivity index (χ0) is 16.4. The maximum absolute atomic E-state index is 13.1. The number of anilines is 1. The van der Waals surface area contributed by atoms with Gasteiger partial charge in [-0.25, -0.2) is 9.37 Å². The minimum atomic E-state index is -0.343. The van der Waals surface area contributed by atoms with Crippen molar-refractivity contribution in [3.8, 4) is 28.5 Å². The Bertz CT molecular complexity index is 915. The van der Waals surface area contributed by atoms with Crippen LogP contribution >= 0.6 is 11.6 Å². The number of benzene rings is 2. The molecule has 2 N–H and O–H groups in total. The lowest BCUT2D eigenvalue weighted by Crippen LogP contribution is -1.99. The van der Waals surface area contributed by atoms with E-state index >= 15 is 0 Å². The highest BCUT2D eigenvalue weighted by atomic mass is 35.5. The third-order valence-electron chi connectivity index (χ3n) is 3.43. The molecule has 0 unspecified atom stereocenters. The van der Waals surface area contributed by atoms with Crippen LogP contribution in [0.4, 0.5) is 10.2 Å². The van der Waals surface area contributed by atoms with Crippen molar-refractivity contribution in [2.24, 2.45) is 0 Å². The minimum absolute atomic E-state index is 0.129. The van der Waals surface area contributed by atoms with E-state index in [9.17, 15) is 9.65 Å². The zero-order valence-electron chi connectivity index (χ0n) is 11.9. The van der Waals surface area contributed by atoms with Gasteiger partial charge < -0.3 is 5.73 Å². The summed E-state index contributed by atoms with van der Waals surface area (Å²) in [6.45, 7) is 0. The molecule has 0 bridgehead atoms. The van der Waals surface area contributed by atoms with Gasteiger partial charge in [-0.05, 0) is 35.9 Å². The van der Waals surface area contributed by atoms with Gasteiger partial charge in [0, 0.05) is 16.1 Å². The topological polar surface area (TPSA) is 62.7 Å². The first-order valence-electron chi connectivity index (χ1n) is 6.81. The Labute approximate surface area is 137 Å². The molecule has 0 fully saturated rings. The molecule has 5 heteroatoms. The van der Waals surface area contributed by atoms with Crippen molar-refractivity contribution >= 4 is 17.4 Å². The summed E-state index contributed by atoms with van der Waals surface area (Å²) in [4.78, 5) is 4.28. The monoisotopic (exact) mass is 323 g/mol. The maximum atomic E-state index is 13.1. The number of nitrogen functional groups attached to an aromatic ring is 1. The second-order valence-electron chi connectivity index (χ2n) is 4.94. The summed E-state index contributed by atoms with van der Waals surface area (Å²) in [5, 5.41) is 9.93. The standard InChI is InChI=1S/C18H11ClFN3/c19-13-3-1-2-12(8-13)17-9-15(16(10-21)18(22)23-17)11-4-6-14(20)7-5-11/h1-9H,(H2,22,23). The lowest BCUT2D eigenvalue weighted by Gasteiger charge is -2.10.